The maximum atomic E-state index is 13.5. The van der Waals surface area contributed by atoms with Gasteiger partial charge in [0.25, 0.3) is 5.91 Å². The van der Waals surface area contributed by atoms with Crippen LogP contribution in [-0.2, 0) is 6.61 Å². The van der Waals surface area contributed by atoms with E-state index in [-0.39, 0.29) is 23.3 Å². The molecule has 0 saturated carbocycles. The van der Waals surface area contributed by atoms with E-state index in [2.05, 4.69) is 5.32 Å². The largest absolute Gasteiger partial charge is 0.508 e. The number of amides is 1. The number of anilines is 1. The van der Waals surface area contributed by atoms with Crippen LogP contribution < -0.4 is 10.1 Å². The molecule has 0 saturated heterocycles. The standard InChI is InChI=1S/C18H11F4NO4/c19-12-7-13(20)16(22)17(15(12)21)26-8-11-4-5-14(27-11)18(25)23-9-2-1-3-10(24)6-9/h1-7,24H,8H2,(H,23,25). The third kappa shape index (κ3) is 4.02. The molecule has 5 nitrogen and oxygen atoms in total. The lowest BCUT2D eigenvalue weighted by atomic mass is 10.3. The monoisotopic (exact) mass is 381 g/mol. The van der Waals surface area contributed by atoms with Gasteiger partial charge in [0.15, 0.2) is 23.1 Å². The molecular weight excluding hydrogens is 370 g/mol. The van der Waals surface area contributed by atoms with Gasteiger partial charge in [-0.3, -0.25) is 4.79 Å². The average Bonchev–Trinajstić information content (AvgIpc) is 3.09. The van der Waals surface area contributed by atoms with E-state index in [1.165, 1.54) is 36.4 Å². The molecule has 0 aliphatic carbocycles. The topological polar surface area (TPSA) is 71.7 Å². The highest BCUT2D eigenvalue weighted by Gasteiger charge is 2.21. The molecule has 0 radical (unpaired) electrons. The van der Waals surface area contributed by atoms with E-state index in [0.29, 0.717) is 5.69 Å². The molecule has 2 aromatic carbocycles. The van der Waals surface area contributed by atoms with Crippen molar-refractivity contribution in [2.75, 3.05) is 5.32 Å². The maximum Gasteiger partial charge on any atom is 0.291 e. The van der Waals surface area contributed by atoms with Crippen molar-refractivity contribution in [3.05, 3.63) is 77.3 Å². The summed E-state index contributed by atoms with van der Waals surface area (Å²) in [6.07, 6.45) is 0. The summed E-state index contributed by atoms with van der Waals surface area (Å²) >= 11 is 0. The summed E-state index contributed by atoms with van der Waals surface area (Å²) in [5.74, 6) is -8.65. The quantitative estimate of drug-likeness (QED) is 0.509. The highest BCUT2D eigenvalue weighted by molar-refractivity contribution is 6.02. The molecule has 3 rings (SSSR count). The second kappa shape index (κ2) is 7.40. The fourth-order valence-corrected chi connectivity index (χ4v) is 2.18. The van der Waals surface area contributed by atoms with E-state index in [1.54, 1.807) is 0 Å². The van der Waals surface area contributed by atoms with Gasteiger partial charge in [0.1, 0.15) is 18.1 Å². The summed E-state index contributed by atoms with van der Waals surface area (Å²) < 4.78 is 63.3. The third-order valence-corrected chi connectivity index (χ3v) is 3.42. The zero-order chi connectivity index (χ0) is 19.6. The van der Waals surface area contributed by atoms with Crippen molar-refractivity contribution in [3.8, 4) is 11.5 Å². The van der Waals surface area contributed by atoms with Crippen LogP contribution in [0.4, 0.5) is 23.2 Å². The SMILES string of the molecule is O=C(Nc1cccc(O)c1)c1ccc(COc2c(F)c(F)cc(F)c2F)o1. The van der Waals surface area contributed by atoms with Crippen molar-refractivity contribution in [1.29, 1.82) is 0 Å². The minimum atomic E-state index is -1.68. The molecule has 1 amide bonds. The molecule has 0 atom stereocenters. The van der Waals surface area contributed by atoms with Gasteiger partial charge in [-0.2, -0.15) is 8.78 Å². The predicted octanol–water partition coefficient (Wildman–Crippen LogP) is 4.37. The Bertz CT molecular complexity index is 977. The molecule has 2 N–H and O–H groups in total. The number of carbonyl (C=O) groups excluding carboxylic acids is 1. The number of phenols is 1. The van der Waals surface area contributed by atoms with Gasteiger partial charge in [0.2, 0.25) is 11.6 Å². The zero-order valence-electron chi connectivity index (χ0n) is 13.4. The highest BCUT2D eigenvalue weighted by atomic mass is 19.2. The summed E-state index contributed by atoms with van der Waals surface area (Å²) in [4.78, 5) is 12.1. The number of carbonyl (C=O) groups is 1. The van der Waals surface area contributed by atoms with Gasteiger partial charge < -0.3 is 19.6 Å². The predicted molar refractivity (Wildman–Crippen MR) is 85.4 cm³/mol. The van der Waals surface area contributed by atoms with E-state index < -0.39 is 41.5 Å². The first-order valence-electron chi connectivity index (χ1n) is 7.50. The van der Waals surface area contributed by atoms with E-state index in [4.69, 9.17) is 9.15 Å². The number of aromatic hydroxyl groups is 1. The Morgan fingerprint density at radius 3 is 2.41 bits per heavy atom. The van der Waals surface area contributed by atoms with E-state index in [1.807, 2.05) is 0 Å². The van der Waals surface area contributed by atoms with Gasteiger partial charge in [0, 0.05) is 17.8 Å². The summed E-state index contributed by atoms with van der Waals surface area (Å²) in [5.41, 5.74) is 0.313. The molecule has 0 aliphatic heterocycles. The second-order valence-corrected chi connectivity index (χ2v) is 5.36. The van der Waals surface area contributed by atoms with Crippen LogP contribution in [0.15, 0.2) is 46.9 Å². The van der Waals surface area contributed by atoms with Crippen molar-refractivity contribution in [3.63, 3.8) is 0 Å². The lowest BCUT2D eigenvalue weighted by Gasteiger charge is -2.08. The maximum absolute atomic E-state index is 13.5. The molecule has 140 valence electrons. The van der Waals surface area contributed by atoms with Gasteiger partial charge in [-0.1, -0.05) is 6.07 Å². The zero-order valence-corrected chi connectivity index (χ0v) is 13.4. The van der Waals surface area contributed by atoms with Crippen LogP contribution >= 0.6 is 0 Å². The van der Waals surface area contributed by atoms with Crippen molar-refractivity contribution in [2.45, 2.75) is 6.61 Å². The minimum Gasteiger partial charge on any atom is -0.508 e. The number of hydrogen-bond acceptors (Lipinski definition) is 4. The number of nitrogens with one attached hydrogen (secondary N) is 1. The van der Waals surface area contributed by atoms with Crippen LogP contribution in [0.25, 0.3) is 0 Å². The molecule has 1 aromatic heterocycles. The van der Waals surface area contributed by atoms with Gasteiger partial charge in [-0.05, 0) is 24.3 Å². The lowest BCUT2D eigenvalue weighted by Crippen LogP contribution is -2.10. The Kier molecular flexibility index (Phi) is 5.02. The lowest BCUT2D eigenvalue weighted by molar-refractivity contribution is 0.0992. The van der Waals surface area contributed by atoms with Crippen LogP contribution in [0.5, 0.6) is 11.5 Å². The smallest absolute Gasteiger partial charge is 0.291 e. The van der Waals surface area contributed by atoms with Crippen LogP contribution in [0.3, 0.4) is 0 Å². The Labute approximate surface area is 149 Å². The molecule has 0 aliphatic rings. The van der Waals surface area contributed by atoms with Crippen LogP contribution in [-0.4, -0.2) is 11.0 Å². The van der Waals surface area contributed by atoms with Crippen LogP contribution in [0.1, 0.15) is 16.3 Å². The number of furan rings is 1. The molecular formula is C18H11F4NO4. The summed E-state index contributed by atoms with van der Waals surface area (Å²) in [7, 11) is 0. The normalized spacial score (nSPS) is 10.7. The Balaban J connectivity index is 1.69. The van der Waals surface area contributed by atoms with Crippen molar-refractivity contribution in [1.82, 2.24) is 0 Å². The molecule has 3 aromatic rings. The first-order chi connectivity index (χ1) is 12.8. The summed E-state index contributed by atoms with van der Waals surface area (Å²) in [5, 5.41) is 11.8. The summed E-state index contributed by atoms with van der Waals surface area (Å²) in [6.45, 7) is -0.573. The fraction of sp³-hybridized carbons (Fsp3) is 0.0556. The molecule has 0 fully saturated rings. The van der Waals surface area contributed by atoms with Gasteiger partial charge >= 0.3 is 0 Å². The molecule has 9 heteroatoms. The molecule has 1 heterocycles. The van der Waals surface area contributed by atoms with Crippen molar-refractivity contribution < 1.29 is 36.6 Å². The van der Waals surface area contributed by atoms with Crippen molar-refractivity contribution >= 4 is 11.6 Å². The minimum absolute atomic E-state index is 0.0143. The number of hydrogen-bond donors (Lipinski definition) is 2. The molecule has 0 spiro atoms. The Hall–Kier alpha value is -3.49. The Morgan fingerprint density at radius 1 is 1.04 bits per heavy atom. The number of benzene rings is 2. The van der Waals surface area contributed by atoms with Gasteiger partial charge in [0.05, 0.1) is 0 Å². The first kappa shape index (κ1) is 18.3. The third-order valence-electron chi connectivity index (χ3n) is 3.42. The fourth-order valence-electron chi connectivity index (χ4n) is 2.18. The highest BCUT2D eigenvalue weighted by Crippen LogP contribution is 2.27. The van der Waals surface area contributed by atoms with E-state index >= 15 is 0 Å². The molecule has 0 unspecified atom stereocenters. The molecule has 0 bridgehead atoms. The number of phenolic OH excluding ortho intramolecular Hbond substituents is 1. The first-order valence-corrected chi connectivity index (χ1v) is 7.50. The Morgan fingerprint density at radius 2 is 1.74 bits per heavy atom. The number of ether oxygens (including phenoxy) is 1. The number of rotatable bonds is 5. The van der Waals surface area contributed by atoms with Crippen LogP contribution in [0.2, 0.25) is 0 Å². The summed E-state index contributed by atoms with van der Waals surface area (Å²) in [6, 6.07) is 8.43. The van der Waals surface area contributed by atoms with E-state index in [0.717, 1.165) is 0 Å². The number of halogens is 4. The van der Waals surface area contributed by atoms with Crippen LogP contribution in [0, 0.1) is 23.3 Å². The van der Waals surface area contributed by atoms with Gasteiger partial charge in [-0.15, -0.1) is 0 Å². The van der Waals surface area contributed by atoms with Gasteiger partial charge in [-0.25, -0.2) is 8.78 Å². The van der Waals surface area contributed by atoms with Crippen molar-refractivity contribution in [2.24, 2.45) is 0 Å². The average molecular weight is 381 g/mol. The van der Waals surface area contributed by atoms with E-state index in [9.17, 15) is 27.5 Å². The second-order valence-electron chi connectivity index (χ2n) is 5.36. The molecule has 27 heavy (non-hydrogen) atoms.